The van der Waals surface area contributed by atoms with Gasteiger partial charge in [0.15, 0.2) is 0 Å². The number of anilines is 1. The molecule has 2 aromatic rings. The van der Waals surface area contributed by atoms with Crippen LogP contribution in [0.3, 0.4) is 0 Å². The number of nitrogens with zero attached hydrogens (tertiary/aromatic N) is 3. The van der Waals surface area contributed by atoms with E-state index in [2.05, 4.69) is 15.2 Å². The Kier molecular flexibility index (Phi) is 2.51. The molecule has 2 N–H and O–H groups in total. The highest BCUT2D eigenvalue weighted by Crippen LogP contribution is 2.27. The summed E-state index contributed by atoms with van der Waals surface area (Å²) in [6, 6.07) is 3.55. The lowest BCUT2D eigenvalue weighted by atomic mass is 10.4. The highest BCUT2D eigenvalue weighted by atomic mass is 32.1. The Hall–Kier alpha value is -1.69. The molecule has 6 heteroatoms. The van der Waals surface area contributed by atoms with Crippen molar-refractivity contribution < 1.29 is 4.74 Å². The van der Waals surface area contributed by atoms with Crippen LogP contribution in [0, 0.1) is 6.92 Å². The predicted octanol–water partition coefficient (Wildman–Crippen LogP) is 1.50. The van der Waals surface area contributed by atoms with E-state index in [1.165, 1.54) is 11.3 Å². The van der Waals surface area contributed by atoms with Crippen LogP contribution < -0.4 is 10.5 Å². The molecule has 0 aliphatic rings. The number of hydrogen-bond donors (Lipinski definition) is 1. The van der Waals surface area contributed by atoms with Crippen molar-refractivity contribution in [2.24, 2.45) is 0 Å². The minimum atomic E-state index is 0.486. The molecule has 0 saturated heterocycles. The quantitative estimate of drug-likeness (QED) is 0.833. The van der Waals surface area contributed by atoms with E-state index in [1.54, 1.807) is 13.2 Å². The molecule has 0 radical (unpaired) electrons. The predicted molar refractivity (Wildman–Crippen MR) is 58.8 cm³/mol. The third-order valence-corrected chi connectivity index (χ3v) is 2.91. The molecule has 0 unspecified atom stereocenters. The minimum Gasteiger partial charge on any atom is -0.480 e. The van der Waals surface area contributed by atoms with E-state index in [1.807, 2.05) is 13.0 Å². The van der Waals surface area contributed by atoms with Crippen LogP contribution in [-0.4, -0.2) is 22.3 Å². The van der Waals surface area contributed by atoms with Crippen molar-refractivity contribution in [3.05, 3.63) is 17.0 Å². The first-order valence-corrected chi connectivity index (χ1v) is 5.13. The van der Waals surface area contributed by atoms with Crippen molar-refractivity contribution >= 4 is 17.2 Å². The maximum absolute atomic E-state index is 5.66. The van der Waals surface area contributed by atoms with Crippen LogP contribution in [0.4, 0.5) is 5.82 Å². The topological polar surface area (TPSA) is 73.9 Å². The van der Waals surface area contributed by atoms with Gasteiger partial charge >= 0.3 is 0 Å². The maximum atomic E-state index is 5.66. The Labute approximate surface area is 90.9 Å². The second kappa shape index (κ2) is 3.82. The highest BCUT2D eigenvalue weighted by Gasteiger charge is 2.08. The summed E-state index contributed by atoms with van der Waals surface area (Å²) in [7, 11) is 1.55. The van der Waals surface area contributed by atoms with Gasteiger partial charge in [-0.05, 0) is 13.0 Å². The van der Waals surface area contributed by atoms with Gasteiger partial charge in [-0.15, -0.1) is 21.5 Å². The number of rotatable bonds is 2. The third-order valence-electron chi connectivity index (χ3n) is 1.90. The van der Waals surface area contributed by atoms with Gasteiger partial charge in [0.25, 0.3) is 0 Å². The van der Waals surface area contributed by atoms with Crippen molar-refractivity contribution in [3.8, 4) is 16.6 Å². The summed E-state index contributed by atoms with van der Waals surface area (Å²) in [6.07, 6.45) is 0. The molecule has 2 rings (SSSR count). The average molecular weight is 222 g/mol. The van der Waals surface area contributed by atoms with Crippen LogP contribution in [0.2, 0.25) is 0 Å². The van der Waals surface area contributed by atoms with E-state index >= 15 is 0 Å². The second-order valence-corrected chi connectivity index (χ2v) is 4.12. The monoisotopic (exact) mass is 222 g/mol. The van der Waals surface area contributed by atoms with Gasteiger partial charge in [0.2, 0.25) is 5.88 Å². The molecule has 78 valence electrons. The van der Waals surface area contributed by atoms with Gasteiger partial charge in [-0.25, -0.2) is 4.98 Å². The van der Waals surface area contributed by atoms with Crippen molar-refractivity contribution in [1.82, 2.24) is 15.2 Å². The van der Waals surface area contributed by atoms with Crippen LogP contribution in [0.5, 0.6) is 5.88 Å². The largest absolute Gasteiger partial charge is 0.480 e. The number of thiazole rings is 1. The molecule has 0 aromatic carbocycles. The van der Waals surface area contributed by atoms with E-state index in [4.69, 9.17) is 10.5 Å². The smallest absolute Gasteiger partial charge is 0.233 e. The summed E-state index contributed by atoms with van der Waals surface area (Å²) in [5.74, 6) is 1.03. The molecule has 5 nitrogen and oxygen atoms in total. The molecule has 0 fully saturated rings. The fourth-order valence-electron chi connectivity index (χ4n) is 1.06. The van der Waals surface area contributed by atoms with Gasteiger partial charge in [0.1, 0.15) is 16.5 Å². The molecule has 0 aliphatic carbocycles. The first-order chi connectivity index (χ1) is 7.20. The van der Waals surface area contributed by atoms with Crippen LogP contribution in [-0.2, 0) is 0 Å². The lowest BCUT2D eigenvalue weighted by Crippen LogP contribution is -1.92. The summed E-state index contributed by atoms with van der Waals surface area (Å²) in [5.41, 5.74) is 6.37. The number of aryl methyl sites for hydroxylation is 1. The van der Waals surface area contributed by atoms with Crippen molar-refractivity contribution in [2.75, 3.05) is 12.8 Å². The van der Waals surface area contributed by atoms with Gasteiger partial charge in [-0.2, -0.15) is 0 Å². The van der Waals surface area contributed by atoms with Gasteiger partial charge in [-0.1, -0.05) is 0 Å². The lowest BCUT2D eigenvalue weighted by molar-refractivity contribution is 0.392. The molecule has 2 heterocycles. The van der Waals surface area contributed by atoms with E-state index in [-0.39, 0.29) is 0 Å². The second-order valence-electron chi connectivity index (χ2n) is 2.92. The lowest BCUT2D eigenvalue weighted by Gasteiger charge is -1.97. The molecule has 0 atom stereocenters. The normalized spacial score (nSPS) is 10.3. The molecule has 0 spiro atoms. The van der Waals surface area contributed by atoms with Gasteiger partial charge in [0.05, 0.1) is 7.11 Å². The number of aromatic nitrogens is 3. The number of nitrogen functional groups attached to an aromatic ring is 1. The van der Waals surface area contributed by atoms with Gasteiger partial charge < -0.3 is 10.5 Å². The van der Waals surface area contributed by atoms with E-state index in [9.17, 15) is 0 Å². The Balaban J connectivity index is 2.37. The van der Waals surface area contributed by atoms with E-state index in [0.717, 1.165) is 9.88 Å². The zero-order chi connectivity index (χ0) is 10.8. The highest BCUT2D eigenvalue weighted by molar-refractivity contribution is 7.15. The van der Waals surface area contributed by atoms with E-state index < -0.39 is 0 Å². The van der Waals surface area contributed by atoms with Crippen molar-refractivity contribution in [2.45, 2.75) is 6.92 Å². The standard InChI is InChI=1S/C9H10N4OS/c1-5-8(10)11-9(15-5)6-3-4-7(14-2)13-12-6/h3-4H,10H2,1-2H3. The fraction of sp³-hybridized carbons (Fsp3) is 0.222. The van der Waals surface area contributed by atoms with Gasteiger partial charge in [-0.3, -0.25) is 0 Å². The molecule has 0 bridgehead atoms. The maximum Gasteiger partial charge on any atom is 0.233 e. The third kappa shape index (κ3) is 1.89. The van der Waals surface area contributed by atoms with Crippen LogP contribution in [0.1, 0.15) is 4.88 Å². The summed E-state index contributed by atoms with van der Waals surface area (Å²) in [4.78, 5) is 5.18. The molecular formula is C9H10N4OS. The Morgan fingerprint density at radius 1 is 1.33 bits per heavy atom. The van der Waals surface area contributed by atoms with Crippen LogP contribution in [0.25, 0.3) is 10.7 Å². The van der Waals surface area contributed by atoms with Crippen molar-refractivity contribution in [1.29, 1.82) is 0 Å². The Bertz CT molecular complexity index is 446. The molecule has 0 aliphatic heterocycles. The Morgan fingerprint density at radius 3 is 2.60 bits per heavy atom. The van der Waals surface area contributed by atoms with Gasteiger partial charge in [0, 0.05) is 10.9 Å². The summed E-state index contributed by atoms with van der Waals surface area (Å²) in [5, 5.41) is 8.64. The summed E-state index contributed by atoms with van der Waals surface area (Å²) in [6.45, 7) is 1.92. The zero-order valence-corrected chi connectivity index (χ0v) is 9.21. The number of methoxy groups -OCH3 is 1. The zero-order valence-electron chi connectivity index (χ0n) is 8.39. The first kappa shape index (κ1) is 9.85. The fourth-order valence-corrected chi connectivity index (χ4v) is 1.86. The SMILES string of the molecule is COc1ccc(-c2nc(N)c(C)s2)nn1. The van der Waals surface area contributed by atoms with Crippen LogP contribution in [0.15, 0.2) is 12.1 Å². The average Bonchev–Trinajstić information content (AvgIpc) is 2.59. The summed E-state index contributed by atoms with van der Waals surface area (Å²) >= 11 is 1.50. The van der Waals surface area contributed by atoms with Crippen molar-refractivity contribution in [3.63, 3.8) is 0 Å². The number of ether oxygens (including phenoxy) is 1. The van der Waals surface area contributed by atoms with Crippen LogP contribution >= 0.6 is 11.3 Å². The first-order valence-electron chi connectivity index (χ1n) is 4.31. The molecule has 2 aromatic heterocycles. The number of hydrogen-bond acceptors (Lipinski definition) is 6. The molecule has 0 saturated carbocycles. The molecular weight excluding hydrogens is 212 g/mol. The Morgan fingerprint density at radius 2 is 2.13 bits per heavy atom. The summed E-state index contributed by atoms with van der Waals surface area (Å²) < 4.78 is 4.92. The number of nitrogens with two attached hydrogens (primary N) is 1. The molecule has 15 heavy (non-hydrogen) atoms. The van der Waals surface area contributed by atoms with E-state index in [0.29, 0.717) is 17.4 Å². The minimum absolute atomic E-state index is 0.486. The molecule has 0 amide bonds.